The van der Waals surface area contributed by atoms with E-state index < -0.39 is 0 Å². The van der Waals surface area contributed by atoms with E-state index in [1.807, 2.05) is 12.1 Å². The summed E-state index contributed by atoms with van der Waals surface area (Å²) in [4.78, 5) is 2.56. The van der Waals surface area contributed by atoms with E-state index in [4.69, 9.17) is 17.3 Å². The normalized spacial score (nSPS) is 24.1. The standard InChI is InChI=1S/C16H25ClN2/c1-3-13-5-4-10-19(11-13)16(12(2)18)14-6-8-15(17)9-7-14/h6-9,12-13,16H,3-5,10-11,18H2,1-2H3. The molecular weight excluding hydrogens is 256 g/mol. The molecule has 1 aliphatic heterocycles. The molecule has 0 spiro atoms. The second-order valence-corrected chi connectivity index (χ2v) is 6.20. The zero-order chi connectivity index (χ0) is 13.8. The number of hydrogen-bond acceptors (Lipinski definition) is 2. The summed E-state index contributed by atoms with van der Waals surface area (Å²) in [5.41, 5.74) is 7.54. The van der Waals surface area contributed by atoms with E-state index in [0.29, 0.717) is 6.04 Å². The van der Waals surface area contributed by atoms with Gasteiger partial charge in [-0.05, 0) is 49.9 Å². The molecule has 1 saturated heterocycles. The molecule has 106 valence electrons. The molecule has 3 atom stereocenters. The first-order valence-corrected chi connectivity index (χ1v) is 7.74. The number of likely N-dealkylation sites (tertiary alicyclic amines) is 1. The molecule has 2 rings (SSSR count). The minimum atomic E-state index is 0.136. The molecule has 2 N–H and O–H groups in total. The van der Waals surface area contributed by atoms with Crippen LogP contribution in [0.15, 0.2) is 24.3 Å². The van der Waals surface area contributed by atoms with E-state index in [1.165, 1.54) is 31.4 Å². The van der Waals surface area contributed by atoms with Crippen molar-refractivity contribution in [2.24, 2.45) is 11.7 Å². The molecule has 1 aliphatic rings. The number of nitrogens with two attached hydrogens (primary N) is 1. The SMILES string of the molecule is CCC1CCCN(C(c2ccc(Cl)cc2)C(C)N)C1. The fourth-order valence-corrected chi connectivity index (χ4v) is 3.32. The summed E-state index contributed by atoms with van der Waals surface area (Å²) in [6.07, 6.45) is 3.91. The van der Waals surface area contributed by atoms with E-state index in [0.717, 1.165) is 17.5 Å². The first-order chi connectivity index (χ1) is 9.11. The van der Waals surface area contributed by atoms with Crippen LogP contribution in [-0.4, -0.2) is 24.0 Å². The van der Waals surface area contributed by atoms with E-state index >= 15 is 0 Å². The van der Waals surface area contributed by atoms with Crippen molar-refractivity contribution >= 4 is 11.6 Å². The van der Waals surface area contributed by atoms with E-state index in [9.17, 15) is 0 Å². The number of benzene rings is 1. The molecule has 3 heteroatoms. The van der Waals surface area contributed by atoms with Gasteiger partial charge in [0, 0.05) is 23.7 Å². The van der Waals surface area contributed by atoms with Gasteiger partial charge in [0.1, 0.15) is 0 Å². The molecule has 2 nitrogen and oxygen atoms in total. The Morgan fingerprint density at radius 2 is 2.05 bits per heavy atom. The summed E-state index contributed by atoms with van der Waals surface area (Å²) in [6.45, 7) is 6.73. The molecule has 0 aliphatic carbocycles. The Bertz CT molecular complexity index is 388. The largest absolute Gasteiger partial charge is 0.326 e. The van der Waals surface area contributed by atoms with Crippen LogP contribution in [0, 0.1) is 5.92 Å². The number of hydrogen-bond donors (Lipinski definition) is 1. The Hall–Kier alpha value is -0.570. The third-order valence-corrected chi connectivity index (χ3v) is 4.48. The van der Waals surface area contributed by atoms with E-state index in [1.54, 1.807) is 0 Å². The summed E-state index contributed by atoms with van der Waals surface area (Å²) in [5, 5.41) is 0.789. The van der Waals surface area contributed by atoms with Crippen LogP contribution < -0.4 is 5.73 Å². The van der Waals surface area contributed by atoms with Crippen LogP contribution in [-0.2, 0) is 0 Å². The van der Waals surface area contributed by atoms with Gasteiger partial charge in [-0.2, -0.15) is 0 Å². The van der Waals surface area contributed by atoms with Gasteiger partial charge in [-0.1, -0.05) is 37.1 Å². The summed E-state index contributed by atoms with van der Waals surface area (Å²) < 4.78 is 0. The maximum absolute atomic E-state index is 6.25. The van der Waals surface area contributed by atoms with Gasteiger partial charge in [-0.15, -0.1) is 0 Å². The van der Waals surface area contributed by atoms with Crippen LogP contribution >= 0.6 is 11.6 Å². The zero-order valence-electron chi connectivity index (χ0n) is 12.0. The van der Waals surface area contributed by atoms with Gasteiger partial charge in [0.05, 0.1) is 0 Å². The number of halogens is 1. The van der Waals surface area contributed by atoms with Crippen molar-refractivity contribution in [1.82, 2.24) is 4.90 Å². The lowest BCUT2D eigenvalue weighted by Crippen LogP contribution is -2.44. The van der Waals surface area contributed by atoms with Gasteiger partial charge in [0.25, 0.3) is 0 Å². The monoisotopic (exact) mass is 280 g/mol. The zero-order valence-corrected chi connectivity index (χ0v) is 12.7. The average molecular weight is 281 g/mol. The lowest BCUT2D eigenvalue weighted by molar-refractivity contribution is 0.108. The maximum Gasteiger partial charge on any atom is 0.0496 e. The van der Waals surface area contributed by atoms with Crippen molar-refractivity contribution in [2.75, 3.05) is 13.1 Å². The summed E-state index contributed by atoms with van der Waals surface area (Å²) in [6, 6.07) is 8.61. The van der Waals surface area contributed by atoms with Gasteiger partial charge in [-0.25, -0.2) is 0 Å². The van der Waals surface area contributed by atoms with E-state index in [2.05, 4.69) is 30.9 Å². The average Bonchev–Trinajstić information content (AvgIpc) is 2.41. The number of nitrogens with zero attached hydrogens (tertiary/aromatic N) is 1. The van der Waals surface area contributed by atoms with Crippen molar-refractivity contribution in [2.45, 2.75) is 45.2 Å². The summed E-state index contributed by atoms with van der Waals surface area (Å²) >= 11 is 5.98. The highest BCUT2D eigenvalue weighted by atomic mass is 35.5. The first-order valence-electron chi connectivity index (χ1n) is 7.37. The molecule has 0 aromatic heterocycles. The fraction of sp³-hybridized carbons (Fsp3) is 0.625. The maximum atomic E-state index is 6.25. The van der Waals surface area contributed by atoms with Crippen LogP contribution in [0.3, 0.4) is 0 Å². The minimum absolute atomic E-state index is 0.136. The second-order valence-electron chi connectivity index (χ2n) is 5.77. The lowest BCUT2D eigenvalue weighted by Gasteiger charge is -2.40. The van der Waals surface area contributed by atoms with Crippen molar-refractivity contribution in [1.29, 1.82) is 0 Å². The van der Waals surface area contributed by atoms with Gasteiger partial charge < -0.3 is 5.73 Å². The minimum Gasteiger partial charge on any atom is -0.326 e. The first kappa shape index (κ1) is 14.8. The summed E-state index contributed by atoms with van der Waals surface area (Å²) in [7, 11) is 0. The van der Waals surface area contributed by atoms with Crippen molar-refractivity contribution < 1.29 is 0 Å². The van der Waals surface area contributed by atoms with E-state index in [-0.39, 0.29) is 6.04 Å². The van der Waals surface area contributed by atoms with Crippen LogP contribution in [0.25, 0.3) is 0 Å². The Kier molecular flexibility index (Phi) is 5.26. The molecule has 1 aromatic rings. The van der Waals surface area contributed by atoms with Gasteiger partial charge in [0.2, 0.25) is 0 Å². The predicted octanol–water partition coefficient (Wildman–Crippen LogP) is 3.85. The van der Waals surface area contributed by atoms with Crippen LogP contribution in [0.4, 0.5) is 0 Å². The molecular formula is C16H25ClN2. The second kappa shape index (κ2) is 6.74. The Morgan fingerprint density at radius 1 is 1.37 bits per heavy atom. The Morgan fingerprint density at radius 3 is 2.63 bits per heavy atom. The topological polar surface area (TPSA) is 29.3 Å². The molecule has 0 radical (unpaired) electrons. The smallest absolute Gasteiger partial charge is 0.0496 e. The van der Waals surface area contributed by atoms with Crippen molar-refractivity contribution in [3.63, 3.8) is 0 Å². The van der Waals surface area contributed by atoms with Crippen LogP contribution in [0.5, 0.6) is 0 Å². The molecule has 1 aromatic carbocycles. The highest BCUT2D eigenvalue weighted by Gasteiger charge is 2.28. The van der Waals surface area contributed by atoms with Gasteiger partial charge in [-0.3, -0.25) is 4.90 Å². The van der Waals surface area contributed by atoms with Crippen LogP contribution in [0.1, 0.15) is 44.7 Å². The van der Waals surface area contributed by atoms with Gasteiger partial charge in [0.15, 0.2) is 0 Å². The molecule has 3 unspecified atom stereocenters. The molecule has 19 heavy (non-hydrogen) atoms. The third kappa shape index (κ3) is 3.71. The molecule has 0 bridgehead atoms. The number of piperidine rings is 1. The Balaban J connectivity index is 2.17. The molecule has 0 saturated carbocycles. The fourth-order valence-electron chi connectivity index (χ4n) is 3.19. The third-order valence-electron chi connectivity index (χ3n) is 4.23. The van der Waals surface area contributed by atoms with Gasteiger partial charge >= 0.3 is 0 Å². The predicted molar refractivity (Wildman–Crippen MR) is 82.4 cm³/mol. The van der Waals surface area contributed by atoms with Crippen molar-refractivity contribution in [3.05, 3.63) is 34.9 Å². The lowest BCUT2D eigenvalue weighted by atomic mass is 9.91. The summed E-state index contributed by atoms with van der Waals surface area (Å²) in [5.74, 6) is 0.822. The molecule has 1 heterocycles. The Labute approximate surface area is 121 Å². The highest BCUT2D eigenvalue weighted by Crippen LogP contribution is 2.30. The van der Waals surface area contributed by atoms with Crippen molar-refractivity contribution in [3.8, 4) is 0 Å². The van der Waals surface area contributed by atoms with Crippen LogP contribution in [0.2, 0.25) is 5.02 Å². The molecule has 1 fully saturated rings. The molecule has 0 amide bonds. The highest BCUT2D eigenvalue weighted by molar-refractivity contribution is 6.30. The quantitative estimate of drug-likeness (QED) is 0.908. The number of rotatable bonds is 4.